The number of aromatic hydroxyl groups is 1. The van der Waals surface area contributed by atoms with Crippen LogP contribution in [-0.2, 0) is 4.79 Å². The van der Waals surface area contributed by atoms with Gasteiger partial charge in [-0.15, -0.1) is 0 Å². The van der Waals surface area contributed by atoms with Gasteiger partial charge in [0.05, 0.1) is 15.6 Å². The number of nitrogens with zero attached hydrogens (tertiary/aromatic N) is 1. The Hall–Kier alpha value is -3.56. The molecule has 1 aromatic heterocycles. The lowest BCUT2D eigenvalue weighted by Crippen LogP contribution is -2.08. The fraction of sp³-hybridized carbons (Fsp3) is 0. The number of carbonyl (C=O) groups excluding carboxylic acids is 1. The number of anilines is 1. The summed E-state index contributed by atoms with van der Waals surface area (Å²) in [6, 6.07) is 6.08. The minimum absolute atomic E-state index is 0.146. The summed E-state index contributed by atoms with van der Waals surface area (Å²) < 4.78 is 0. The molecule has 11 heteroatoms. The third-order valence-corrected chi connectivity index (χ3v) is 4.43. The SMILES string of the molecule is O=C(/C=C/c1c(C(=O)O)[nH]c2cc(Cl)cc(Cl)c12)Nc1cc([N+](=O)[O-])ccc1O. The predicted octanol–water partition coefficient (Wildman–Crippen LogP) is 4.44. The van der Waals surface area contributed by atoms with Gasteiger partial charge in [0.25, 0.3) is 5.69 Å². The molecule has 3 rings (SSSR count). The smallest absolute Gasteiger partial charge is 0.352 e. The zero-order chi connectivity index (χ0) is 21.3. The van der Waals surface area contributed by atoms with E-state index in [-0.39, 0.29) is 33.4 Å². The number of rotatable bonds is 5. The molecule has 1 amide bonds. The molecule has 0 saturated heterocycles. The second-order valence-electron chi connectivity index (χ2n) is 5.81. The molecule has 0 aliphatic carbocycles. The van der Waals surface area contributed by atoms with Gasteiger partial charge in [0.1, 0.15) is 11.4 Å². The Bertz CT molecular complexity index is 1200. The number of carbonyl (C=O) groups is 2. The second kappa shape index (κ2) is 7.82. The number of carboxylic acid groups (broad SMARTS) is 1. The third-order valence-electron chi connectivity index (χ3n) is 3.92. The van der Waals surface area contributed by atoms with E-state index in [0.29, 0.717) is 15.9 Å². The molecule has 2 aromatic carbocycles. The fourth-order valence-corrected chi connectivity index (χ4v) is 3.27. The van der Waals surface area contributed by atoms with Gasteiger partial charge in [-0.05, 0) is 24.3 Å². The zero-order valence-electron chi connectivity index (χ0n) is 14.3. The van der Waals surface area contributed by atoms with Crippen molar-refractivity contribution in [2.24, 2.45) is 0 Å². The van der Waals surface area contributed by atoms with Crippen LogP contribution in [-0.4, -0.2) is 32.0 Å². The number of phenolic OH excluding ortho intramolecular Hbond substituents is 1. The van der Waals surface area contributed by atoms with E-state index in [1.165, 1.54) is 18.2 Å². The van der Waals surface area contributed by atoms with Crippen molar-refractivity contribution in [2.75, 3.05) is 5.32 Å². The molecule has 0 aliphatic heterocycles. The highest BCUT2D eigenvalue weighted by atomic mass is 35.5. The molecular weight excluding hydrogens is 425 g/mol. The molecule has 0 fully saturated rings. The molecule has 29 heavy (non-hydrogen) atoms. The zero-order valence-corrected chi connectivity index (χ0v) is 15.8. The minimum atomic E-state index is -1.27. The maximum atomic E-state index is 12.2. The molecule has 1 heterocycles. The average Bonchev–Trinajstić information content (AvgIpc) is 3.00. The quantitative estimate of drug-likeness (QED) is 0.201. The molecule has 0 bridgehead atoms. The van der Waals surface area contributed by atoms with Crippen molar-refractivity contribution in [3.05, 3.63) is 67.8 Å². The Morgan fingerprint density at radius 2 is 1.93 bits per heavy atom. The number of hydrogen-bond acceptors (Lipinski definition) is 5. The van der Waals surface area contributed by atoms with Crippen LogP contribution in [0.5, 0.6) is 5.75 Å². The molecule has 0 aliphatic rings. The van der Waals surface area contributed by atoms with Gasteiger partial charge < -0.3 is 20.5 Å². The standard InChI is InChI=1S/C18H11Cl2N3O6/c19-8-5-11(20)16-10(17(18(26)27)22-13(16)6-8)2-4-15(25)21-12-7-9(23(28)29)1-3-14(12)24/h1-7,22,24H,(H,21,25)(H,26,27)/b4-2+. The first kappa shape index (κ1) is 20.2. The summed E-state index contributed by atoms with van der Waals surface area (Å²) in [5.74, 6) is -2.39. The lowest BCUT2D eigenvalue weighted by Gasteiger charge is -2.05. The molecule has 0 radical (unpaired) electrons. The molecule has 0 saturated carbocycles. The van der Waals surface area contributed by atoms with Crippen molar-refractivity contribution >= 4 is 63.4 Å². The van der Waals surface area contributed by atoms with Gasteiger partial charge in [0.2, 0.25) is 5.91 Å². The molecule has 4 N–H and O–H groups in total. The first-order valence-electron chi connectivity index (χ1n) is 7.88. The lowest BCUT2D eigenvalue weighted by atomic mass is 10.1. The van der Waals surface area contributed by atoms with Crippen LogP contribution in [0.2, 0.25) is 10.0 Å². The van der Waals surface area contributed by atoms with Crippen molar-refractivity contribution in [1.29, 1.82) is 0 Å². The van der Waals surface area contributed by atoms with Gasteiger partial charge in [0.15, 0.2) is 0 Å². The molecule has 148 valence electrons. The number of nitrogens with one attached hydrogen (secondary N) is 2. The highest BCUT2D eigenvalue weighted by molar-refractivity contribution is 6.39. The topological polar surface area (TPSA) is 146 Å². The number of nitro groups is 1. The molecule has 0 unspecified atom stereocenters. The Balaban J connectivity index is 1.96. The van der Waals surface area contributed by atoms with Crippen LogP contribution in [0.4, 0.5) is 11.4 Å². The number of nitro benzene ring substituents is 1. The van der Waals surface area contributed by atoms with Crippen LogP contribution in [0.15, 0.2) is 36.4 Å². The maximum Gasteiger partial charge on any atom is 0.352 e. The average molecular weight is 436 g/mol. The highest BCUT2D eigenvalue weighted by Crippen LogP contribution is 2.33. The van der Waals surface area contributed by atoms with Gasteiger partial charge in [-0.3, -0.25) is 14.9 Å². The fourth-order valence-electron chi connectivity index (χ4n) is 2.68. The predicted molar refractivity (Wildman–Crippen MR) is 108 cm³/mol. The molecule has 0 atom stereocenters. The summed E-state index contributed by atoms with van der Waals surface area (Å²) in [5.41, 5.74) is -0.179. The summed E-state index contributed by atoms with van der Waals surface area (Å²) in [6.45, 7) is 0. The van der Waals surface area contributed by atoms with E-state index in [9.17, 15) is 29.9 Å². The van der Waals surface area contributed by atoms with Gasteiger partial charge in [-0.1, -0.05) is 23.2 Å². The number of H-pyrrole nitrogens is 1. The molecule has 9 nitrogen and oxygen atoms in total. The molecule has 3 aromatic rings. The number of halogens is 2. The van der Waals surface area contributed by atoms with Crippen LogP contribution in [0.25, 0.3) is 17.0 Å². The summed E-state index contributed by atoms with van der Waals surface area (Å²) in [4.78, 5) is 36.6. The summed E-state index contributed by atoms with van der Waals surface area (Å²) >= 11 is 12.1. The van der Waals surface area contributed by atoms with Crippen LogP contribution in [0, 0.1) is 10.1 Å². The van der Waals surface area contributed by atoms with Crippen molar-refractivity contribution < 1.29 is 24.7 Å². The number of phenols is 1. The normalized spacial score (nSPS) is 11.1. The van der Waals surface area contributed by atoms with Crippen molar-refractivity contribution in [3.8, 4) is 5.75 Å². The van der Waals surface area contributed by atoms with E-state index < -0.39 is 16.8 Å². The van der Waals surface area contributed by atoms with E-state index >= 15 is 0 Å². The lowest BCUT2D eigenvalue weighted by molar-refractivity contribution is -0.384. The first-order valence-corrected chi connectivity index (χ1v) is 8.63. The molecular formula is C18H11Cl2N3O6. The molecule has 0 spiro atoms. The number of amides is 1. The van der Waals surface area contributed by atoms with Crippen LogP contribution in [0.3, 0.4) is 0 Å². The first-order chi connectivity index (χ1) is 13.7. The Morgan fingerprint density at radius 1 is 1.21 bits per heavy atom. The number of carboxylic acids is 1. The van der Waals surface area contributed by atoms with Gasteiger partial charge >= 0.3 is 5.97 Å². The summed E-state index contributed by atoms with van der Waals surface area (Å²) in [6.07, 6.45) is 2.24. The number of aromatic amines is 1. The number of benzene rings is 2. The maximum absolute atomic E-state index is 12.2. The van der Waals surface area contributed by atoms with E-state index in [4.69, 9.17) is 23.2 Å². The van der Waals surface area contributed by atoms with E-state index in [2.05, 4.69) is 10.3 Å². The second-order valence-corrected chi connectivity index (χ2v) is 6.65. The van der Waals surface area contributed by atoms with Crippen LogP contribution >= 0.6 is 23.2 Å². The third kappa shape index (κ3) is 4.15. The number of hydrogen-bond donors (Lipinski definition) is 4. The Morgan fingerprint density at radius 3 is 2.59 bits per heavy atom. The van der Waals surface area contributed by atoms with E-state index in [0.717, 1.165) is 24.3 Å². The van der Waals surface area contributed by atoms with Crippen molar-refractivity contribution in [1.82, 2.24) is 4.98 Å². The Kier molecular flexibility index (Phi) is 5.44. The number of aromatic carboxylic acids is 1. The van der Waals surface area contributed by atoms with Crippen molar-refractivity contribution in [2.45, 2.75) is 0 Å². The van der Waals surface area contributed by atoms with Crippen LogP contribution in [0.1, 0.15) is 16.1 Å². The van der Waals surface area contributed by atoms with Gasteiger partial charge in [-0.25, -0.2) is 4.79 Å². The van der Waals surface area contributed by atoms with E-state index in [1.54, 1.807) is 0 Å². The van der Waals surface area contributed by atoms with Gasteiger partial charge in [0, 0.05) is 39.7 Å². The Labute approximate surface area is 172 Å². The summed E-state index contributed by atoms with van der Waals surface area (Å²) in [7, 11) is 0. The van der Waals surface area contributed by atoms with E-state index in [1.807, 2.05) is 0 Å². The van der Waals surface area contributed by atoms with Crippen LogP contribution < -0.4 is 5.32 Å². The van der Waals surface area contributed by atoms with Gasteiger partial charge in [-0.2, -0.15) is 0 Å². The number of aromatic nitrogens is 1. The highest BCUT2D eigenvalue weighted by Gasteiger charge is 2.18. The monoisotopic (exact) mass is 435 g/mol. The number of non-ortho nitro benzene ring substituents is 1. The number of fused-ring (bicyclic) bond motifs is 1. The van der Waals surface area contributed by atoms with Crippen molar-refractivity contribution in [3.63, 3.8) is 0 Å². The minimum Gasteiger partial charge on any atom is -0.506 e. The summed E-state index contributed by atoms with van der Waals surface area (Å²) in [5, 5.41) is 33.1. The largest absolute Gasteiger partial charge is 0.506 e.